The average molecular weight is 404 g/mol. The summed E-state index contributed by atoms with van der Waals surface area (Å²) in [6.07, 6.45) is 3.47. The summed E-state index contributed by atoms with van der Waals surface area (Å²) in [6.45, 7) is 3.49. The second-order valence-electron chi connectivity index (χ2n) is 6.91. The van der Waals surface area contributed by atoms with Gasteiger partial charge in [-0.3, -0.25) is 9.80 Å². The van der Waals surface area contributed by atoms with E-state index in [1.165, 1.54) is 0 Å². The van der Waals surface area contributed by atoms with Crippen LogP contribution in [0.2, 0.25) is 0 Å². The molecule has 0 spiro atoms. The Balaban J connectivity index is 1.48. The van der Waals surface area contributed by atoms with E-state index in [2.05, 4.69) is 25.3 Å². The molecular formula is C22H24N6O2. The Kier molecular flexibility index (Phi) is 6.17. The predicted molar refractivity (Wildman–Crippen MR) is 116 cm³/mol. The van der Waals surface area contributed by atoms with Crippen molar-refractivity contribution < 1.29 is 9.53 Å². The van der Waals surface area contributed by atoms with Crippen molar-refractivity contribution in [3.05, 3.63) is 78.1 Å². The molecule has 0 radical (unpaired) electrons. The van der Waals surface area contributed by atoms with Gasteiger partial charge in [0, 0.05) is 31.0 Å². The van der Waals surface area contributed by atoms with Crippen LogP contribution in [0.3, 0.4) is 0 Å². The number of hydrazine groups is 1. The Bertz CT molecular complexity index is 974. The first-order valence-electron chi connectivity index (χ1n) is 9.82. The number of benzene rings is 2. The number of nitrogens with two attached hydrogens (primary N) is 1. The lowest BCUT2D eigenvalue weighted by molar-refractivity contribution is 0.0298. The number of rotatable bonds is 6. The quantitative estimate of drug-likeness (QED) is 0.610. The zero-order chi connectivity index (χ0) is 20.8. The number of nitrogen functional groups attached to an aromatic ring is 1. The molecule has 8 nitrogen and oxygen atoms in total. The molecule has 1 saturated heterocycles. The van der Waals surface area contributed by atoms with Crippen LogP contribution in [0.25, 0.3) is 0 Å². The number of nitrogens with one attached hydrogen (secondary N) is 1. The van der Waals surface area contributed by atoms with Crippen molar-refractivity contribution in [3.8, 4) is 0 Å². The molecule has 0 unspecified atom stereocenters. The van der Waals surface area contributed by atoms with Crippen molar-refractivity contribution in [2.75, 3.05) is 42.4 Å². The number of carbonyl (C=O) groups is 1. The predicted octanol–water partition coefficient (Wildman–Crippen LogP) is 2.56. The normalized spacial score (nSPS) is 14.3. The highest BCUT2D eigenvalue weighted by molar-refractivity contribution is 6.05. The van der Waals surface area contributed by atoms with Crippen LogP contribution >= 0.6 is 0 Å². The van der Waals surface area contributed by atoms with Crippen molar-refractivity contribution in [3.63, 3.8) is 0 Å². The van der Waals surface area contributed by atoms with Gasteiger partial charge in [-0.1, -0.05) is 24.3 Å². The molecule has 4 rings (SSSR count). The Morgan fingerprint density at radius 3 is 2.43 bits per heavy atom. The number of morpholine rings is 1. The van der Waals surface area contributed by atoms with E-state index in [0.29, 0.717) is 42.6 Å². The molecule has 3 aromatic rings. The molecule has 0 saturated carbocycles. The summed E-state index contributed by atoms with van der Waals surface area (Å²) in [5.41, 5.74) is 8.65. The molecule has 1 aliphatic rings. The third-order valence-electron chi connectivity index (χ3n) is 4.87. The number of amides is 1. The minimum absolute atomic E-state index is 0.198. The van der Waals surface area contributed by atoms with Gasteiger partial charge in [0.1, 0.15) is 0 Å². The zero-order valence-corrected chi connectivity index (χ0v) is 16.6. The summed E-state index contributed by atoms with van der Waals surface area (Å²) < 4.78 is 5.47. The van der Waals surface area contributed by atoms with Crippen molar-refractivity contribution in [1.29, 1.82) is 0 Å². The Labute approximate surface area is 175 Å². The molecule has 3 N–H and O–H groups in total. The topological polar surface area (TPSA) is 96.6 Å². The number of anilines is 3. The molecule has 2 aromatic carbocycles. The molecule has 0 aliphatic carbocycles. The SMILES string of the molecule is Nc1ccccc1NC(=O)c1ccc(CN(c2ncccn2)N2CCOCC2)cc1. The zero-order valence-electron chi connectivity index (χ0n) is 16.6. The largest absolute Gasteiger partial charge is 0.397 e. The van der Waals surface area contributed by atoms with Gasteiger partial charge < -0.3 is 15.8 Å². The Morgan fingerprint density at radius 2 is 1.73 bits per heavy atom. The fraction of sp³-hybridized carbons (Fsp3) is 0.227. The maximum atomic E-state index is 12.5. The monoisotopic (exact) mass is 404 g/mol. The highest BCUT2D eigenvalue weighted by Gasteiger charge is 2.21. The molecule has 154 valence electrons. The molecule has 1 aliphatic heterocycles. The average Bonchev–Trinajstić information content (AvgIpc) is 2.80. The van der Waals surface area contributed by atoms with Crippen molar-refractivity contribution in [2.45, 2.75) is 6.54 Å². The van der Waals surface area contributed by atoms with Crippen molar-refractivity contribution in [2.24, 2.45) is 0 Å². The van der Waals surface area contributed by atoms with Gasteiger partial charge in [0.15, 0.2) is 0 Å². The number of hydrogen-bond donors (Lipinski definition) is 2. The fourth-order valence-electron chi connectivity index (χ4n) is 3.26. The van der Waals surface area contributed by atoms with Crippen LogP contribution in [0.1, 0.15) is 15.9 Å². The van der Waals surface area contributed by atoms with E-state index >= 15 is 0 Å². The molecule has 1 fully saturated rings. The van der Waals surface area contributed by atoms with E-state index in [-0.39, 0.29) is 5.91 Å². The summed E-state index contributed by atoms with van der Waals surface area (Å²) in [6, 6.07) is 16.5. The van der Waals surface area contributed by atoms with E-state index < -0.39 is 0 Å². The van der Waals surface area contributed by atoms with Gasteiger partial charge in [-0.25, -0.2) is 15.0 Å². The smallest absolute Gasteiger partial charge is 0.255 e. The summed E-state index contributed by atoms with van der Waals surface area (Å²) in [7, 11) is 0. The molecule has 1 amide bonds. The van der Waals surface area contributed by atoms with Gasteiger partial charge in [0.05, 0.1) is 31.1 Å². The summed E-state index contributed by atoms with van der Waals surface area (Å²) in [5, 5.41) is 7.10. The van der Waals surface area contributed by atoms with Gasteiger partial charge in [-0.15, -0.1) is 0 Å². The molecule has 0 bridgehead atoms. The third-order valence-corrected chi connectivity index (χ3v) is 4.87. The summed E-state index contributed by atoms with van der Waals surface area (Å²) in [5.74, 6) is 0.441. The van der Waals surface area contributed by atoms with E-state index in [0.717, 1.165) is 18.7 Å². The number of aromatic nitrogens is 2. The molecule has 2 heterocycles. The first kappa shape index (κ1) is 19.8. The van der Waals surface area contributed by atoms with Crippen molar-refractivity contribution >= 4 is 23.2 Å². The van der Waals surface area contributed by atoms with Crippen molar-refractivity contribution in [1.82, 2.24) is 15.0 Å². The van der Waals surface area contributed by atoms with Crippen LogP contribution in [0.15, 0.2) is 67.0 Å². The molecule has 30 heavy (non-hydrogen) atoms. The molecule has 1 aromatic heterocycles. The number of ether oxygens (including phenoxy) is 1. The lowest BCUT2D eigenvalue weighted by atomic mass is 10.1. The molecule has 8 heteroatoms. The molecule has 0 atom stereocenters. The third kappa shape index (κ3) is 4.73. The second-order valence-corrected chi connectivity index (χ2v) is 6.91. The minimum Gasteiger partial charge on any atom is -0.397 e. The number of para-hydroxylation sites is 2. The number of hydrogen-bond acceptors (Lipinski definition) is 7. The Hall–Kier alpha value is -3.49. The van der Waals surface area contributed by atoms with Crippen LogP contribution in [0.5, 0.6) is 0 Å². The highest BCUT2D eigenvalue weighted by atomic mass is 16.5. The second kappa shape index (κ2) is 9.34. The number of carbonyl (C=O) groups excluding carboxylic acids is 1. The van der Waals surface area contributed by atoms with Crippen LogP contribution in [-0.2, 0) is 11.3 Å². The maximum Gasteiger partial charge on any atom is 0.255 e. The van der Waals surface area contributed by atoms with Gasteiger partial charge in [0.25, 0.3) is 5.91 Å². The number of nitrogens with zero attached hydrogens (tertiary/aromatic N) is 4. The summed E-state index contributed by atoms with van der Waals surface area (Å²) in [4.78, 5) is 21.4. The van der Waals surface area contributed by atoms with Gasteiger partial charge in [-0.2, -0.15) is 0 Å². The van der Waals surface area contributed by atoms with Crippen LogP contribution < -0.4 is 16.1 Å². The maximum absolute atomic E-state index is 12.5. The van der Waals surface area contributed by atoms with E-state index in [4.69, 9.17) is 10.5 Å². The summed E-state index contributed by atoms with van der Waals surface area (Å²) >= 11 is 0. The highest BCUT2D eigenvalue weighted by Crippen LogP contribution is 2.19. The van der Waals surface area contributed by atoms with Gasteiger partial charge >= 0.3 is 0 Å². The Morgan fingerprint density at radius 1 is 1.03 bits per heavy atom. The van der Waals surface area contributed by atoms with E-state index in [9.17, 15) is 4.79 Å². The fourth-order valence-corrected chi connectivity index (χ4v) is 3.26. The van der Waals surface area contributed by atoms with Crippen LogP contribution in [-0.4, -0.2) is 47.2 Å². The minimum atomic E-state index is -0.198. The van der Waals surface area contributed by atoms with Crippen LogP contribution in [0, 0.1) is 0 Å². The first-order chi connectivity index (χ1) is 14.7. The van der Waals surface area contributed by atoms with Gasteiger partial charge in [-0.05, 0) is 35.9 Å². The lowest BCUT2D eigenvalue weighted by Crippen LogP contribution is -2.49. The standard InChI is InChI=1S/C22H24N6O2/c23-19-4-1-2-5-20(19)26-21(29)18-8-6-17(7-9-18)16-28(22-24-10-3-11-25-22)27-12-14-30-15-13-27/h1-11H,12-16,23H2,(H,26,29). The van der Waals surface area contributed by atoms with Gasteiger partial charge in [0.2, 0.25) is 5.95 Å². The first-order valence-corrected chi connectivity index (χ1v) is 9.82. The van der Waals surface area contributed by atoms with E-state index in [1.807, 2.05) is 36.4 Å². The van der Waals surface area contributed by atoms with E-state index in [1.54, 1.807) is 30.6 Å². The lowest BCUT2D eigenvalue weighted by Gasteiger charge is -2.37. The van der Waals surface area contributed by atoms with Crippen LogP contribution in [0.4, 0.5) is 17.3 Å². The molecular weight excluding hydrogens is 380 g/mol.